The maximum Gasteiger partial charge on any atom is 0.302 e. The first-order valence-electron chi connectivity index (χ1n) is 7.28. The van der Waals surface area contributed by atoms with Crippen LogP contribution in [0.3, 0.4) is 0 Å². The van der Waals surface area contributed by atoms with Gasteiger partial charge in [0, 0.05) is 5.38 Å². The lowest BCUT2D eigenvalue weighted by molar-refractivity contribution is 0.0933. The predicted octanol–water partition coefficient (Wildman–Crippen LogP) is 3.48. The van der Waals surface area contributed by atoms with Crippen molar-refractivity contribution < 1.29 is 14.0 Å². The Balaban J connectivity index is 1.62. The summed E-state index contributed by atoms with van der Waals surface area (Å²) in [5.41, 5.74) is 1.61. The van der Waals surface area contributed by atoms with Crippen LogP contribution < -0.4 is 10.6 Å². The molecule has 0 aliphatic heterocycles. The van der Waals surface area contributed by atoms with E-state index < -0.39 is 0 Å². The Labute approximate surface area is 142 Å². The molecule has 0 bridgehead atoms. The van der Waals surface area contributed by atoms with E-state index in [0.717, 1.165) is 5.56 Å². The summed E-state index contributed by atoms with van der Waals surface area (Å²) in [6.07, 6.45) is 1.22. The molecule has 0 saturated heterocycles. The van der Waals surface area contributed by atoms with Gasteiger partial charge in [-0.25, -0.2) is 0 Å². The summed E-state index contributed by atoms with van der Waals surface area (Å²) >= 11 is 1.42. The van der Waals surface area contributed by atoms with Crippen LogP contribution in [0.25, 0.3) is 0 Å². The average Bonchev–Trinajstić information content (AvgIpc) is 3.27. The van der Waals surface area contributed by atoms with Crippen LogP contribution in [0, 0.1) is 0 Å². The number of rotatable bonds is 5. The van der Waals surface area contributed by atoms with Crippen molar-refractivity contribution in [1.29, 1.82) is 0 Å². The normalized spacial score (nSPS) is 11.7. The van der Waals surface area contributed by atoms with Crippen LogP contribution in [-0.4, -0.2) is 16.8 Å². The molecule has 24 heavy (non-hydrogen) atoms. The molecule has 1 aromatic carbocycles. The lowest BCUT2D eigenvalue weighted by Gasteiger charge is -2.12. The minimum absolute atomic E-state index is 0.0104. The van der Waals surface area contributed by atoms with Gasteiger partial charge in [0.15, 0.2) is 5.69 Å². The van der Waals surface area contributed by atoms with E-state index in [0.29, 0.717) is 5.56 Å². The molecule has 2 aromatic heterocycles. The van der Waals surface area contributed by atoms with Gasteiger partial charge in [0.25, 0.3) is 11.8 Å². The van der Waals surface area contributed by atoms with E-state index in [1.165, 1.54) is 17.6 Å². The monoisotopic (exact) mass is 341 g/mol. The summed E-state index contributed by atoms with van der Waals surface area (Å²) < 4.78 is 5.14. The Kier molecular flexibility index (Phi) is 4.72. The molecular weight excluding hydrogens is 326 g/mol. The van der Waals surface area contributed by atoms with Gasteiger partial charge in [0.05, 0.1) is 11.6 Å². The largest absolute Gasteiger partial charge is 0.431 e. The van der Waals surface area contributed by atoms with Gasteiger partial charge in [-0.05, 0) is 23.9 Å². The quantitative estimate of drug-likeness (QED) is 0.744. The van der Waals surface area contributed by atoms with Gasteiger partial charge < -0.3 is 9.73 Å². The molecule has 0 saturated carbocycles. The fraction of sp³-hybridized carbons (Fsp3) is 0.118. The van der Waals surface area contributed by atoms with E-state index in [4.69, 9.17) is 4.42 Å². The Bertz CT molecular complexity index is 828. The number of carbonyl (C=O) groups excluding carboxylic acids is 2. The van der Waals surface area contributed by atoms with Gasteiger partial charge in [-0.3, -0.25) is 14.9 Å². The van der Waals surface area contributed by atoms with Gasteiger partial charge in [-0.15, -0.1) is 0 Å². The molecule has 0 unspecified atom stereocenters. The summed E-state index contributed by atoms with van der Waals surface area (Å²) in [6.45, 7) is 1.88. The number of aromatic nitrogens is 1. The third-order valence-corrected chi connectivity index (χ3v) is 4.07. The summed E-state index contributed by atoms with van der Waals surface area (Å²) in [5.74, 6) is -0.700. The van der Waals surface area contributed by atoms with Crippen molar-refractivity contribution in [2.75, 3.05) is 5.32 Å². The number of nitrogens with one attached hydrogen (secondary N) is 2. The third kappa shape index (κ3) is 3.69. The molecule has 6 nitrogen and oxygen atoms in total. The Morgan fingerprint density at radius 2 is 1.96 bits per heavy atom. The van der Waals surface area contributed by atoms with Crippen LogP contribution in [0.1, 0.15) is 39.4 Å². The topological polar surface area (TPSA) is 84.2 Å². The second-order valence-corrected chi connectivity index (χ2v) is 5.89. The van der Waals surface area contributed by atoms with Crippen LogP contribution in [0.15, 0.2) is 57.8 Å². The molecule has 0 aliphatic rings. The maximum absolute atomic E-state index is 12.2. The van der Waals surface area contributed by atoms with E-state index in [1.807, 2.05) is 37.3 Å². The van der Waals surface area contributed by atoms with E-state index in [9.17, 15) is 9.59 Å². The number of amides is 2. The Morgan fingerprint density at radius 1 is 1.17 bits per heavy atom. The smallest absolute Gasteiger partial charge is 0.302 e. The molecule has 0 spiro atoms. The van der Waals surface area contributed by atoms with E-state index >= 15 is 0 Å². The van der Waals surface area contributed by atoms with Crippen LogP contribution >= 0.6 is 11.3 Å². The standard InChI is InChI=1S/C17H15N3O3S/c1-11(12-5-3-2-4-6-12)18-16(22)14-9-23-17(19-14)20-15(21)13-7-8-24-10-13/h2-11H,1H3,(H,18,22)(H,19,20,21)/t11-/m0/s1. The van der Waals surface area contributed by atoms with E-state index in [2.05, 4.69) is 15.6 Å². The van der Waals surface area contributed by atoms with Crippen molar-refractivity contribution >= 4 is 29.2 Å². The van der Waals surface area contributed by atoms with Gasteiger partial charge in [-0.2, -0.15) is 16.3 Å². The molecule has 7 heteroatoms. The summed E-state index contributed by atoms with van der Waals surface area (Å²) in [5, 5.41) is 8.86. The van der Waals surface area contributed by atoms with Crippen molar-refractivity contribution in [2.45, 2.75) is 13.0 Å². The highest BCUT2D eigenvalue weighted by molar-refractivity contribution is 7.08. The number of hydrogen-bond donors (Lipinski definition) is 2. The summed E-state index contributed by atoms with van der Waals surface area (Å²) in [7, 11) is 0. The van der Waals surface area contributed by atoms with Gasteiger partial charge in [0.1, 0.15) is 6.26 Å². The lowest BCUT2D eigenvalue weighted by Crippen LogP contribution is -2.26. The van der Waals surface area contributed by atoms with Gasteiger partial charge >= 0.3 is 6.01 Å². The zero-order valence-corrected chi connectivity index (χ0v) is 13.7. The lowest BCUT2D eigenvalue weighted by atomic mass is 10.1. The molecule has 2 N–H and O–H groups in total. The number of thiophene rings is 1. The highest BCUT2D eigenvalue weighted by Crippen LogP contribution is 2.14. The van der Waals surface area contributed by atoms with Crippen molar-refractivity contribution in [3.63, 3.8) is 0 Å². The molecule has 0 aliphatic carbocycles. The molecule has 2 heterocycles. The zero-order chi connectivity index (χ0) is 16.9. The zero-order valence-electron chi connectivity index (χ0n) is 12.9. The van der Waals surface area contributed by atoms with E-state index in [-0.39, 0.29) is 29.6 Å². The Morgan fingerprint density at radius 3 is 2.67 bits per heavy atom. The predicted molar refractivity (Wildman–Crippen MR) is 91.1 cm³/mol. The second-order valence-electron chi connectivity index (χ2n) is 5.11. The first kappa shape index (κ1) is 15.9. The number of nitrogens with zero attached hydrogens (tertiary/aromatic N) is 1. The molecule has 122 valence electrons. The van der Waals surface area contributed by atoms with Crippen molar-refractivity contribution in [1.82, 2.24) is 10.3 Å². The van der Waals surface area contributed by atoms with Crippen molar-refractivity contribution in [3.8, 4) is 0 Å². The molecule has 0 radical (unpaired) electrons. The van der Waals surface area contributed by atoms with Crippen LogP contribution in [0.5, 0.6) is 0 Å². The maximum atomic E-state index is 12.2. The average molecular weight is 341 g/mol. The number of oxazole rings is 1. The molecule has 2 amide bonds. The first-order valence-corrected chi connectivity index (χ1v) is 8.22. The first-order chi connectivity index (χ1) is 11.6. The molecule has 1 atom stereocenters. The molecule has 3 rings (SSSR count). The molecule has 3 aromatic rings. The number of hydrogen-bond acceptors (Lipinski definition) is 5. The second kappa shape index (κ2) is 7.10. The van der Waals surface area contributed by atoms with Crippen molar-refractivity contribution in [3.05, 3.63) is 70.2 Å². The Hall–Kier alpha value is -2.93. The molecular formula is C17H15N3O3S. The third-order valence-electron chi connectivity index (χ3n) is 3.39. The number of carbonyl (C=O) groups is 2. The SMILES string of the molecule is C[C@H](NC(=O)c1coc(NC(=O)c2ccsc2)n1)c1ccccc1. The van der Waals surface area contributed by atoms with Gasteiger partial charge in [-0.1, -0.05) is 30.3 Å². The number of anilines is 1. The van der Waals surface area contributed by atoms with Crippen LogP contribution in [-0.2, 0) is 0 Å². The van der Waals surface area contributed by atoms with Gasteiger partial charge in [0.2, 0.25) is 0 Å². The highest BCUT2D eigenvalue weighted by atomic mass is 32.1. The highest BCUT2D eigenvalue weighted by Gasteiger charge is 2.17. The van der Waals surface area contributed by atoms with Crippen LogP contribution in [0.2, 0.25) is 0 Å². The summed E-state index contributed by atoms with van der Waals surface area (Å²) in [4.78, 5) is 28.1. The van der Waals surface area contributed by atoms with Crippen molar-refractivity contribution in [2.24, 2.45) is 0 Å². The van der Waals surface area contributed by atoms with E-state index in [1.54, 1.807) is 16.8 Å². The minimum atomic E-state index is -0.369. The number of benzene rings is 1. The fourth-order valence-electron chi connectivity index (χ4n) is 2.09. The minimum Gasteiger partial charge on any atom is -0.431 e. The van der Waals surface area contributed by atoms with Crippen LogP contribution in [0.4, 0.5) is 6.01 Å². The fourth-order valence-corrected chi connectivity index (χ4v) is 2.73. The molecule has 0 fully saturated rings. The summed E-state index contributed by atoms with van der Waals surface area (Å²) in [6, 6.07) is 11.1.